The Balaban J connectivity index is 1.76. The molecule has 0 atom stereocenters. The monoisotopic (exact) mass is 413 g/mol. The molecule has 1 aliphatic heterocycles. The number of hydrogen-bond acceptors (Lipinski definition) is 5. The van der Waals surface area contributed by atoms with Crippen molar-refractivity contribution in [1.82, 2.24) is 4.90 Å². The highest BCUT2D eigenvalue weighted by atomic mass is 16.6. The van der Waals surface area contributed by atoms with Crippen molar-refractivity contribution in [3.8, 4) is 0 Å². The lowest BCUT2D eigenvalue weighted by Crippen LogP contribution is -2.32. The Hall–Kier alpha value is -4.26. The predicted octanol–water partition coefficient (Wildman–Crippen LogP) is 4.30. The molecule has 0 saturated carbocycles. The number of benzene rings is 3. The van der Waals surface area contributed by atoms with Gasteiger partial charge >= 0.3 is 0 Å². The molecule has 3 aromatic rings. The molecule has 7 heteroatoms. The van der Waals surface area contributed by atoms with Crippen LogP contribution >= 0.6 is 0 Å². The smallest absolute Gasteiger partial charge is 0.278 e. The number of nitrogens with one attached hydrogen (secondary N) is 1. The zero-order valence-electron chi connectivity index (χ0n) is 16.7. The normalized spacial score (nSPS) is 13.6. The molecule has 0 radical (unpaired) electrons. The minimum Gasteiger partial charge on any atom is -0.350 e. The maximum absolute atomic E-state index is 13.3. The van der Waals surface area contributed by atoms with Crippen molar-refractivity contribution in [3.05, 3.63) is 111 Å². The van der Waals surface area contributed by atoms with E-state index in [-0.39, 0.29) is 23.5 Å². The maximum atomic E-state index is 13.3. The fourth-order valence-electron chi connectivity index (χ4n) is 3.47. The Kier molecular flexibility index (Phi) is 5.32. The fraction of sp³-hybridized carbons (Fsp3) is 0.0833. The Labute approximate surface area is 178 Å². The summed E-state index contributed by atoms with van der Waals surface area (Å²) in [6.07, 6.45) is 0. The van der Waals surface area contributed by atoms with Gasteiger partial charge in [-0.2, -0.15) is 0 Å². The summed E-state index contributed by atoms with van der Waals surface area (Å²) in [6.45, 7) is 2.03. The molecule has 4 rings (SSSR count). The first-order chi connectivity index (χ1) is 15.0. The quantitative estimate of drug-likeness (QED) is 0.370. The maximum Gasteiger partial charge on any atom is 0.278 e. The lowest BCUT2D eigenvalue weighted by atomic mass is 10.0. The third-order valence-corrected chi connectivity index (χ3v) is 5.12. The van der Waals surface area contributed by atoms with Crippen LogP contribution in [0.4, 0.5) is 11.4 Å². The second kappa shape index (κ2) is 8.23. The van der Waals surface area contributed by atoms with Gasteiger partial charge < -0.3 is 5.32 Å². The number of hydrogen-bond donors (Lipinski definition) is 1. The zero-order valence-corrected chi connectivity index (χ0v) is 16.7. The SMILES string of the molecule is Cc1ccccc1NC1=C(c2ccc([N+](=O)[O-])cc2)C(=O)N(Cc2ccccc2)C1=O. The highest BCUT2D eigenvalue weighted by molar-refractivity contribution is 6.36. The van der Waals surface area contributed by atoms with E-state index in [1.54, 1.807) is 0 Å². The first-order valence-electron chi connectivity index (χ1n) is 9.67. The van der Waals surface area contributed by atoms with E-state index < -0.39 is 16.7 Å². The van der Waals surface area contributed by atoms with Crippen LogP contribution in [0.15, 0.2) is 84.6 Å². The zero-order chi connectivity index (χ0) is 22.0. The number of nitro groups is 1. The molecule has 1 aliphatic rings. The lowest BCUT2D eigenvalue weighted by molar-refractivity contribution is -0.384. The molecule has 3 aromatic carbocycles. The number of carbonyl (C=O) groups excluding carboxylic acids is 2. The van der Waals surface area contributed by atoms with Crippen LogP contribution in [0.3, 0.4) is 0 Å². The van der Waals surface area contributed by atoms with Crippen molar-refractivity contribution in [2.24, 2.45) is 0 Å². The van der Waals surface area contributed by atoms with Crippen LogP contribution in [0, 0.1) is 17.0 Å². The van der Waals surface area contributed by atoms with Gasteiger partial charge in [-0.05, 0) is 41.8 Å². The average molecular weight is 413 g/mol. The summed E-state index contributed by atoms with van der Waals surface area (Å²) in [4.78, 5) is 38.3. The Bertz CT molecular complexity index is 1200. The van der Waals surface area contributed by atoms with Crippen molar-refractivity contribution in [2.45, 2.75) is 13.5 Å². The molecule has 31 heavy (non-hydrogen) atoms. The van der Waals surface area contributed by atoms with E-state index in [4.69, 9.17) is 0 Å². The predicted molar refractivity (Wildman–Crippen MR) is 117 cm³/mol. The summed E-state index contributed by atoms with van der Waals surface area (Å²) in [5.74, 6) is -0.885. The highest BCUT2D eigenvalue weighted by Gasteiger charge is 2.39. The number of nitrogens with zero attached hydrogens (tertiary/aromatic N) is 2. The van der Waals surface area contributed by atoms with Crippen molar-refractivity contribution >= 4 is 28.8 Å². The van der Waals surface area contributed by atoms with Gasteiger partial charge in [-0.25, -0.2) is 0 Å². The number of aryl methyl sites for hydroxylation is 1. The number of para-hydroxylation sites is 1. The average Bonchev–Trinajstić information content (AvgIpc) is 3.00. The van der Waals surface area contributed by atoms with Crippen LogP contribution < -0.4 is 5.32 Å². The summed E-state index contributed by atoms with van der Waals surface area (Å²) in [7, 11) is 0. The number of carbonyl (C=O) groups is 2. The molecule has 0 aromatic heterocycles. The molecule has 1 heterocycles. The van der Waals surface area contributed by atoms with Crippen LogP contribution in [0.1, 0.15) is 16.7 Å². The van der Waals surface area contributed by atoms with E-state index in [2.05, 4.69) is 5.32 Å². The summed E-state index contributed by atoms with van der Waals surface area (Å²) in [6, 6.07) is 22.3. The van der Waals surface area contributed by atoms with E-state index in [1.165, 1.54) is 29.2 Å². The highest BCUT2D eigenvalue weighted by Crippen LogP contribution is 2.32. The Morgan fingerprint density at radius 2 is 1.52 bits per heavy atom. The first kappa shape index (κ1) is 20.0. The van der Waals surface area contributed by atoms with Crippen molar-refractivity contribution in [3.63, 3.8) is 0 Å². The second-order valence-electron chi connectivity index (χ2n) is 7.18. The van der Waals surface area contributed by atoms with Crippen molar-refractivity contribution in [2.75, 3.05) is 5.32 Å². The van der Waals surface area contributed by atoms with Gasteiger partial charge in [0.15, 0.2) is 0 Å². The van der Waals surface area contributed by atoms with Gasteiger partial charge in [-0.3, -0.25) is 24.6 Å². The third kappa shape index (κ3) is 3.93. The lowest BCUT2D eigenvalue weighted by Gasteiger charge is -2.15. The Morgan fingerprint density at radius 1 is 0.871 bits per heavy atom. The second-order valence-corrected chi connectivity index (χ2v) is 7.18. The van der Waals surface area contributed by atoms with Gasteiger partial charge in [0, 0.05) is 17.8 Å². The van der Waals surface area contributed by atoms with Gasteiger partial charge in [0.25, 0.3) is 17.5 Å². The van der Waals surface area contributed by atoms with Crippen LogP contribution in [0.5, 0.6) is 0 Å². The summed E-state index contributed by atoms with van der Waals surface area (Å²) in [5, 5.41) is 14.1. The molecule has 0 aliphatic carbocycles. The minimum atomic E-state index is -0.506. The summed E-state index contributed by atoms with van der Waals surface area (Å²) < 4.78 is 0. The number of rotatable bonds is 6. The number of nitro benzene ring substituents is 1. The van der Waals surface area contributed by atoms with Gasteiger partial charge in [0.05, 0.1) is 17.0 Å². The van der Waals surface area contributed by atoms with Crippen molar-refractivity contribution < 1.29 is 14.5 Å². The first-order valence-corrected chi connectivity index (χ1v) is 9.67. The summed E-state index contributed by atoms with van der Waals surface area (Å²) in [5.41, 5.74) is 3.15. The third-order valence-electron chi connectivity index (χ3n) is 5.12. The molecule has 154 valence electrons. The number of anilines is 1. The van der Waals surface area contributed by atoms with Crippen LogP contribution in [-0.4, -0.2) is 21.6 Å². The van der Waals surface area contributed by atoms with Gasteiger partial charge in [-0.15, -0.1) is 0 Å². The van der Waals surface area contributed by atoms with Gasteiger partial charge in [0.1, 0.15) is 5.70 Å². The van der Waals surface area contributed by atoms with Gasteiger partial charge in [-0.1, -0.05) is 48.5 Å². The van der Waals surface area contributed by atoms with E-state index in [1.807, 2.05) is 61.5 Å². The molecule has 0 fully saturated rings. The fourth-order valence-corrected chi connectivity index (χ4v) is 3.47. The molecule has 0 saturated heterocycles. The molecular formula is C24H19N3O4. The molecule has 2 amide bonds. The number of non-ortho nitro benzene ring substituents is 1. The van der Waals surface area contributed by atoms with E-state index in [0.29, 0.717) is 11.3 Å². The molecular weight excluding hydrogens is 394 g/mol. The van der Waals surface area contributed by atoms with Gasteiger partial charge in [0.2, 0.25) is 0 Å². The summed E-state index contributed by atoms with van der Waals surface area (Å²) >= 11 is 0. The van der Waals surface area contributed by atoms with Crippen molar-refractivity contribution in [1.29, 1.82) is 0 Å². The van der Waals surface area contributed by atoms with E-state index >= 15 is 0 Å². The van der Waals surface area contributed by atoms with E-state index in [0.717, 1.165) is 11.1 Å². The minimum absolute atomic E-state index is 0.0873. The molecule has 0 bridgehead atoms. The Morgan fingerprint density at radius 3 is 2.16 bits per heavy atom. The van der Waals surface area contributed by atoms with Crippen LogP contribution in [0.2, 0.25) is 0 Å². The van der Waals surface area contributed by atoms with Crippen LogP contribution in [-0.2, 0) is 16.1 Å². The van der Waals surface area contributed by atoms with E-state index in [9.17, 15) is 19.7 Å². The topological polar surface area (TPSA) is 92.6 Å². The largest absolute Gasteiger partial charge is 0.350 e. The number of imide groups is 1. The van der Waals surface area contributed by atoms with Crippen LogP contribution in [0.25, 0.3) is 5.57 Å². The number of amides is 2. The molecule has 0 spiro atoms. The molecule has 0 unspecified atom stereocenters. The molecule has 1 N–H and O–H groups in total. The standard InChI is InChI=1S/C24H19N3O4/c1-16-7-5-6-10-20(16)25-22-21(18-11-13-19(14-12-18)27(30)31)23(28)26(24(22)29)15-17-8-3-2-4-9-17/h2-14,25H,15H2,1H3. The molecule has 7 nitrogen and oxygen atoms in total.